The van der Waals surface area contributed by atoms with Gasteiger partial charge in [0.05, 0.1) is 5.56 Å². The molecule has 0 amide bonds. The van der Waals surface area contributed by atoms with Crippen LogP contribution in [0.5, 0.6) is 0 Å². The Hall–Kier alpha value is -1.62. The molecule has 2 rings (SSSR count). The minimum Gasteiger partial charge on any atom is -0.294 e. The zero-order valence-electron chi connectivity index (χ0n) is 9.59. The summed E-state index contributed by atoms with van der Waals surface area (Å²) >= 11 is 3.14. The van der Waals surface area contributed by atoms with Crippen LogP contribution in [0.2, 0.25) is 0 Å². The first-order valence-electron chi connectivity index (χ1n) is 5.39. The Balaban J connectivity index is 2.25. The maximum atomic E-state index is 13.5. The van der Waals surface area contributed by atoms with Crippen molar-refractivity contribution in [2.24, 2.45) is 0 Å². The van der Waals surface area contributed by atoms with Crippen LogP contribution >= 0.6 is 15.9 Å². The van der Waals surface area contributed by atoms with Gasteiger partial charge in [-0.05, 0) is 35.9 Å². The molecule has 0 fully saturated rings. The van der Waals surface area contributed by atoms with E-state index in [2.05, 4.69) is 15.9 Å². The molecular weight excluding hydrogens is 321 g/mol. The van der Waals surface area contributed by atoms with E-state index in [4.69, 9.17) is 0 Å². The van der Waals surface area contributed by atoms with E-state index in [1.165, 1.54) is 24.3 Å². The quantitative estimate of drug-likeness (QED) is 0.768. The van der Waals surface area contributed by atoms with Crippen LogP contribution in [0.25, 0.3) is 0 Å². The van der Waals surface area contributed by atoms with E-state index in [9.17, 15) is 18.0 Å². The number of carbonyl (C=O) groups excluding carboxylic acids is 1. The SMILES string of the molecule is O=C(Cc1ccc(F)c(F)c1)c1cc(Br)ccc1F. The molecule has 0 heterocycles. The Morgan fingerprint density at radius 3 is 2.32 bits per heavy atom. The summed E-state index contributed by atoms with van der Waals surface area (Å²) in [6.45, 7) is 0. The number of carbonyl (C=O) groups is 1. The predicted octanol–water partition coefficient (Wildman–Crippen LogP) is 4.29. The van der Waals surface area contributed by atoms with Gasteiger partial charge in [-0.15, -0.1) is 0 Å². The molecule has 0 radical (unpaired) electrons. The van der Waals surface area contributed by atoms with E-state index in [-0.39, 0.29) is 12.0 Å². The van der Waals surface area contributed by atoms with Gasteiger partial charge in [0.2, 0.25) is 0 Å². The standard InChI is InChI=1S/C14H8BrF3O/c15-9-2-4-11(16)10(7-9)14(19)6-8-1-3-12(17)13(18)5-8/h1-5,7H,6H2. The molecule has 0 N–H and O–H groups in total. The summed E-state index contributed by atoms with van der Waals surface area (Å²) in [6, 6.07) is 7.17. The van der Waals surface area contributed by atoms with Crippen LogP contribution in [0.1, 0.15) is 15.9 Å². The number of hydrogen-bond donors (Lipinski definition) is 0. The second kappa shape index (κ2) is 5.57. The molecule has 0 aromatic heterocycles. The molecule has 0 bridgehead atoms. The number of hydrogen-bond acceptors (Lipinski definition) is 1. The van der Waals surface area contributed by atoms with Crippen molar-refractivity contribution in [3.05, 3.63) is 69.4 Å². The highest BCUT2D eigenvalue weighted by Gasteiger charge is 2.14. The zero-order chi connectivity index (χ0) is 14.0. The van der Waals surface area contributed by atoms with Gasteiger partial charge in [0.15, 0.2) is 17.4 Å². The van der Waals surface area contributed by atoms with Gasteiger partial charge in [0.1, 0.15) is 5.82 Å². The van der Waals surface area contributed by atoms with Crippen LogP contribution in [-0.4, -0.2) is 5.78 Å². The highest BCUT2D eigenvalue weighted by Crippen LogP contribution is 2.18. The van der Waals surface area contributed by atoms with Crippen molar-refractivity contribution in [1.82, 2.24) is 0 Å². The smallest absolute Gasteiger partial charge is 0.170 e. The third kappa shape index (κ3) is 3.23. The lowest BCUT2D eigenvalue weighted by Crippen LogP contribution is -2.06. The second-order valence-corrected chi connectivity index (χ2v) is 4.89. The van der Waals surface area contributed by atoms with Crippen molar-refractivity contribution in [3.8, 4) is 0 Å². The van der Waals surface area contributed by atoms with Gasteiger partial charge in [-0.2, -0.15) is 0 Å². The Labute approximate surface area is 116 Å². The fourth-order valence-electron chi connectivity index (χ4n) is 1.64. The second-order valence-electron chi connectivity index (χ2n) is 3.97. The van der Waals surface area contributed by atoms with E-state index in [0.29, 0.717) is 10.0 Å². The largest absolute Gasteiger partial charge is 0.294 e. The Bertz CT molecular complexity index is 641. The normalized spacial score (nSPS) is 10.5. The van der Waals surface area contributed by atoms with Gasteiger partial charge in [0.25, 0.3) is 0 Å². The Morgan fingerprint density at radius 1 is 0.947 bits per heavy atom. The molecule has 0 saturated carbocycles. The van der Waals surface area contributed by atoms with Crippen LogP contribution in [0.3, 0.4) is 0 Å². The molecule has 5 heteroatoms. The average Bonchev–Trinajstić information content (AvgIpc) is 2.36. The van der Waals surface area contributed by atoms with E-state index >= 15 is 0 Å². The fraction of sp³-hybridized carbons (Fsp3) is 0.0714. The first-order chi connectivity index (χ1) is 8.97. The molecule has 1 nitrogen and oxygen atoms in total. The Kier molecular flexibility index (Phi) is 4.04. The summed E-state index contributed by atoms with van der Waals surface area (Å²) in [5, 5.41) is 0. The molecule has 0 aliphatic heterocycles. The van der Waals surface area contributed by atoms with E-state index in [1.807, 2.05) is 0 Å². The van der Waals surface area contributed by atoms with Gasteiger partial charge >= 0.3 is 0 Å². The van der Waals surface area contributed by atoms with Crippen molar-refractivity contribution in [3.63, 3.8) is 0 Å². The van der Waals surface area contributed by atoms with Gasteiger partial charge in [-0.1, -0.05) is 22.0 Å². The van der Waals surface area contributed by atoms with Crippen molar-refractivity contribution in [1.29, 1.82) is 0 Å². The average molecular weight is 329 g/mol. The number of rotatable bonds is 3. The molecule has 0 spiro atoms. The predicted molar refractivity (Wildman–Crippen MR) is 68.5 cm³/mol. The number of Topliss-reactive ketones (excluding diaryl/α,β-unsaturated/α-hetero) is 1. The number of halogens is 4. The first-order valence-corrected chi connectivity index (χ1v) is 6.19. The zero-order valence-corrected chi connectivity index (χ0v) is 11.2. The molecule has 0 atom stereocenters. The molecule has 0 aliphatic rings. The summed E-state index contributed by atoms with van der Waals surface area (Å²) < 4.78 is 39.8. The summed E-state index contributed by atoms with van der Waals surface area (Å²) in [4.78, 5) is 11.9. The van der Waals surface area contributed by atoms with Crippen LogP contribution in [0.4, 0.5) is 13.2 Å². The number of ketones is 1. The highest BCUT2D eigenvalue weighted by molar-refractivity contribution is 9.10. The van der Waals surface area contributed by atoms with Crippen LogP contribution in [0.15, 0.2) is 40.9 Å². The van der Waals surface area contributed by atoms with E-state index in [1.54, 1.807) is 0 Å². The molecule has 2 aromatic rings. The maximum absolute atomic E-state index is 13.5. The molecule has 98 valence electrons. The van der Waals surface area contributed by atoms with Crippen LogP contribution in [0, 0.1) is 17.5 Å². The number of benzene rings is 2. The summed E-state index contributed by atoms with van der Waals surface area (Å²) in [7, 11) is 0. The molecule has 0 unspecified atom stereocenters. The maximum Gasteiger partial charge on any atom is 0.170 e. The molecular formula is C14H8BrF3O. The van der Waals surface area contributed by atoms with Crippen LogP contribution in [-0.2, 0) is 6.42 Å². The van der Waals surface area contributed by atoms with Crippen molar-refractivity contribution in [2.45, 2.75) is 6.42 Å². The fourth-order valence-corrected chi connectivity index (χ4v) is 2.00. The Morgan fingerprint density at radius 2 is 1.63 bits per heavy atom. The van der Waals surface area contributed by atoms with Gasteiger partial charge < -0.3 is 0 Å². The molecule has 19 heavy (non-hydrogen) atoms. The third-order valence-electron chi connectivity index (χ3n) is 2.58. The third-order valence-corrected chi connectivity index (χ3v) is 3.07. The van der Waals surface area contributed by atoms with Crippen molar-refractivity contribution in [2.75, 3.05) is 0 Å². The molecule has 2 aromatic carbocycles. The summed E-state index contributed by atoms with van der Waals surface area (Å²) in [5.74, 6) is -3.15. The first kappa shape index (κ1) is 13.8. The van der Waals surface area contributed by atoms with Gasteiger partial charge in [-0.25, -0.2) is 13.2 Å². The van der Waals surface area contributed by atoms with Gasteiger partial charge in [-0.3, -0.25) is 4.79 Å². The lowest BCUT2D eigenvalue weighted by atomic mass is 10.0. The minimum absolute atomic E-state index is 0.0842. The van der Waals surface area contributed by atoms with Crippen LogP contribution < -0.4 is 0 Å². The van der Waals surface area contributed by atoms with E-state index in [0.717, 1.165) is 12.1 Å². The molecule has 0 saturated heterocycles. The van der Waals surface area contributed by atoms with Gasteiger partial charge in [0, 0.05) is 10.9 Å². The topological polar surface area (TPSA) is 17.1 Å². The summed E-state index contributed by atoms with van der Waals surface area (Å²) in [6.07, 6.45) is -0.190. The lowest BCUT2D eigenvalue weighted by molar-refractivity contribution is 0.0989. The van der Waals surface area contributed by atoms with Crippen molar-refractivity contribution < 1.29 is 18.0 Å². The highest BCUT2D eigenvalue weighted by atomic mass is 79.9. The lowest BCUT2D eigenvalue weighted by Gasteiger charge is -2.04. The minimum atomic E-state index is -1.03. The summed E-state index contributed by atoms with van der Waals surface area (Å²) in [5.41, 5.74) is 0.211. The van der Waals surface area contributed by atoms with Crippen molar-refractivity contribution >= 4 is 21.7 Å². The van der Waals surface area contributed by atoms with E-state index < -0.39 is 23.2 Å². The molecule has 0 aliphatic carbocycles. The monoisotopic (exact) mass is 328 g/mol.